The molecule has 0 saturated carbocycles. The number of hydrogen-bond donors (Lipinski definition) is 3. The summed E-state index contributed by atoms with van der Waals surface area (Å²) >= 11 is 6.06. The Morgan fingerprint density at radius 3 is 2.55 bits per heavy atom. The zero-order chi connectivity index (χ0) is 21.7. The molecule has 0 spiro atoms. The number of aryl methyl sites for hydroxylation is 1. The van der Waals surface area contributed by atoms with E-state index in [1.165, 1.54) is 12.7 Å². The van der Waals surface area contributed by atoms with Gasteiger partial charge < -0.3 is 25.8 Å². The highest BCUT2D eigenvalue weighted by Crippen LogP contribution is 2.29. The van der Waals surface area contributed by atoms with E-state index in [0.717, 1.165) is 31.5 Å². The number of halogens is 2. The first-order valence-electron chi connectivity index (χ1n) is 10.3. The van der Waals surface area contributed by atoms with Gasteiger partial charge in [0, 0.05) is 19.2 Å². The van der Waals surface area contributed by atoms with E-state index in [2.05, 4.69) is 10.2 Å². The van der Waals surface area contributed by atoms with Gasteiger partial charge in [-0.25, -0.2) is 0 Å². The Bertz CT molecular complexity index is 869. The minimum Gasteiger partial charge on any atom is -0.496 e. The minimum atomic E-state index is -0.482. The quantitative estimate of drug-likeness (QED) is 0.538. The number of aliphatic hydroxyl groups is 1. The number of methoxy groups -OCH3 is 1. The summed E-state index contributed by atoms with van der Waals surface area (Å²) in [4.78, 5) is 14.9. The third kappa shape index (κ3) is 6.74. The number of piperidine rings is 1. The smallest absolute Gasteiger partial charge is 0.255 e. The molecule has 1 aliphatic rings. The van der Waals surface area contributed by atoms with Crippen molar-refractivity contribution in [3.8, 4) is 5.75 Å². The third-order valence-electron chi connectivity index (χ3n) is 5.72. The molecule has 1 atom stereocenters. The molecule has 1 fully saturated rings. The number of benzene rings is 2. The molecule has 1 amide bonds. The van der Waals surface area contributed by atoms with E-state index in [1.807, 2.05) is 31.2 Å². The molecule has 2 aromatic carbocycles. The molecule has 0 aromatic heterocycles. The Hall–Kier alpha value is -1.99. The summed E-state index contributed by atoms with van der Waals surface area (Å²) in [7, 11) is 1.50. The second-order valence-electron chi connectivity index (χ2n) is 7.95. The minimum absolute atomic E-state index is 0. The number of likely N-dealkylation sites (tertiary alicyclic amines) is 1. The summed E-state index contributed by atoms with van der Waals surface area (Å²) in [6.45, 7) is 5.07. The topological polar surface area (TPSA) is 87.8 Å². The van der Waals surface area contributed by atoms with Crippen molar-refractivity contribution in [2.24, 2.45) is 5.92 Å². The first-order valence-corrected chi connectivity index (χ1v) is 10.6. The average molecular weight is 468 g/mol. The summed E-state index contributed by atoms with van der Waals surface area (Å²) in [5.74, 6) is 0.595. The maximum Gasteiger partial charge on any atom is 0.255 e. The van der Waals surface area contributed by atoms with Gasteiger partial charge in [0.15, 0.2) is 0 Å². The highest BCUT2D eigenvalue weighted by atomic mass is 35.5. The lowest BCUT2D eigenvalue weighted by atomic mass is 9.96. The molecule has 0 radical (unpaired) electrons. The van der Waals surface area contributed by atoms with Crippen LogP contribution < -0.4 is 15.8 Å². The van der Waals surface area contributed by atoms with E-state index in [1.54, 1.807) is 12.1 Å². The SMILES string of the molecule is COc1cc(N)c(Cl)cc1C(=O)NCC1CCN(CC(O)c2ccc(C)cc2)CC1.Cl. The van der Waals surface area contributed by atoms with E-state index >= 15 is 0 Å². The number of rotatable bonds is 7. The fraction of sp³-hybridized carbons (Fsp3) is 0.435. The molecule has 1 aliphatic heterocycles. The molecule has 0 aliphatic carbocycles. The second-order valence-corrected chi connectivity index (χ2v) is 8.36. The molecule has 1 saturated heterocycles. The summed E-state index contributed by atoms with van der Waals surface area (Å²) in [6.07, 6.45) is 1.46. The van der Waals surface area contributed by atoms with Gasteiger partial charge >= 0.3 is 0 Å². The van der Waals surface area contributed by atoms with Gasteiger partial charge in [-0.15, -0.1) is 12.4 Å². The molecule has 0 bridgehead atoms. The average Bonchev–Trinajstić information content (AvgIpc) is 2.75. The van der Waals surface area contributed by atoms with E-state index in [-0.39, 0.29) is 18.3 Å². The molecule has 6 nitrogen and oxygen atoms in total. The van der Waals surface area contributed by atoms with Gasteiger partial charge in [-0.1, -0.05) is 41.4 Å². The monoisotopic (exact) mass is 467 g/mol. The van der Waals surface area contributed by atoms with Crippen LogP contribution in [0.2, 0.25) is 5.02 Å². The number of hydrogen-bond acceptors (Lipinski definition) is 5. The third-order valence-corrected chi connectivity index (χ3v) is 6.04. The van der Waals surface area contributed by atoms with Crippen LogP contribution >= 0.6 is 24.0 Å². The van der Waals surface area contributed by atoms with Gasteiger partial charge in [0.25, 0.3) is 5.91 Å². The van der Waals surface area contributed by atoms with Gasteiger partial charge in [-0.2, -0.15) is 0 Å². The Balaban J connectivity index is 0.00000341. The summed E-state index contributed by atoms with van der Waals surface area (Å²) < 4.78 is 5.26. The summed E-state index contributed by atoms with van der Waals surface area (Å²) in [6, 6.07) is 11.1. The molecular formula is C23H31Cl2N3O3. The van der Waals surface area contributed by atoms with Crippen molar-refractivity contribution >= 4 is 35.6 Å². The van der Waals surface area contributed by atoms with Crippen molar-refractivity contribution in [2.75, 3.05) is 39.0 Å². The largest absolute Gasteiger partial charge is 0.496 e. The lowest BCUT2D eigenvalue weighted by Gasteiger charge is -2.33. The zero-order valence-corrected chi connectivity index (χ0v) is 19.5. The van der Waals surface area contributed by atoms with Crippen molar-refractivity contribution in [1.82, 2.24) is 10.2 Å². The molecule has 170 valence electrons. The van der Waals surface area contributed by atoms with E-state index in [9.17, 15) is 9.90 Å². The number of carbonyl (C=O) groups is 1. The number of aliphatic hydroxyl groups excluding tert-OH is 1. The number of amides is 1. The van der Waals surface area contributed by atoms with E-state index in [0.29, 0.717) is 41.0 Å². The number of nitrogens with one attached hydrogen (secondary N) is 1. The second kappa shape index (κ2) is 11.6. The number of carbonyl (C=O) groups excluding carboxylic acids is 1. The Kier molecular flexibility index (Phi) is 9.44. The van der Waals surface area contributed by atoms with Crippen LogP contribution in [0.15, 0.2) is 36.4 Å². The zero-order valence-electron chi connectivity index (χ0n) is 17.9. The first-order chi connectivity index (χ1) is 14.4. The number of nitrogens with two attached hydrogens (primary N) is 1. The maximum absolute atomic E-state index is 12.6. The Labute approximate surface area is 195 Å². The molecule has 31 heavy (non-hydrogen) atoms. The van der Waals surface area contributed by atoms with Crippen molar-refractivity contribution in [3.63, 3.8) is 0 Å². The van der Waals surface area contributed by atoms with E-state index in [4.69, 9.17) is 22.1 Å². The summed E-state index contributed by atoms with van der Waals surface area (Å²) in [5, 5.41) is 13.8. The summed E-state index contributed by atoms with van der Waals surface area (Å²) in [5.41, 5.74) is 8.68. The fourth-order valence-electron chi connectivity index (χ4n) is 3.76. The van der Waals surface area contributed by atoms with Gasteiger partial charge in [0.05, 0.1) is 29.5 Å². The van der Waals surface area contributed by atoms with Crippen molar-refractivity contribution in [3.05, 3.63) is 58.1 Å². The molecule has 2 aromatic rings. The van der Waals surface area contributed by atoms with Crippen LogP contribution in [0.25, 0.3) is 0 Å². The molecule has 3 rings (SSSR count). The lowest BCUT2D eigenvalue weighted by molar-refractivity contribution is 0.0851. The van der Waals surface area contributed by atoms with Crippen molar-refractivity contribution in [2.45, 2.75) is 25.9 Å². The van der Waals surface area contributed by atoms with Crippen LogP contribution in [-0.2, 0) is 0 Å². The Morgan fingerprint density at radius 2 is 1.94 bits per heavy atom. The number of β-amino-alcohol motifs (C(OH)–C–C–N with tert-alkyl or cyclic N) is 1. The van der Waals surface area contributed by atoms with Gasteiger partial charge in [-0.3, -0.25) is 4.79 Å². The highest BCUT2D eigenvalue weighted by Gasteiger charge is 2.23. The van der Waals surface area contributed by atoms with Crippen LogP contribution in [0.4, 0.5) is 5.69 Å². The number of nitrogens with zero attached hydrogens (tertiary/aromatic N) is 1. The van der Waals surface area contributed by atoms with Crippen LogP contribution in [0.1, 0.15) is 40.4 Å². The van der Waals surface area contributed by atoms with Crippen LogP contribution in [0.3, 0.4) is 0 Å². The first kappa shape index (κ1) is 25.3. The predicted octanol–water partition coefficient (Wildman–Crippen LogP) is 3.84. The number of nitrogen functional groups attached to an aromatic ring is 1. The van der Waals surface area contributed by atoms with Crippen LogP contribution in [0, 0.1) is 12.8 Å². The van der Waals surface area contributed by atoms with Crippen molar-refractivity contribution < 1.29 is 14.6 Å². The molecular weight excluding hydrogens is 437 g/mol. The predicted molar refractivity (Wildman–Crippen MR) is 127 cm³/mol. The van der Waals surface area contributed by atoms with Crippen molar-refractivity contribution in [1.29, 1.82) is 0 Å². The van der Waals surface area contributed by atoms with Gasteiger partial charge in [0.2, 0.25) is 0 Å². The molecule has 1 heterocycles. The Morgan fingerprint density at radius 1 is 1.29 bits per heavy atom. The normalized spacial score (nSPS) is 15.7. The number of anilines is 1. The van der Waals surface area contributed by atoms with E-state index < -0.39 is 6.10 Å². The molecule has 8 heteroatoms. The van der Waals surface area contributed by atoms with Crippen LogP contribution in [-0.4, -0.2) is 49.2 Å². The van der Waals surface area contributed by atoms with Gasteiger partial charge in [0.1, 0.15) is 5.75 Å². The standard InChI is InChI=1S/C23H30ClN3O3.ClH/c1-15-3-5-17(6-4-15)21(28)14-27-9-7-16(8-10-27)13-26-23(29)18-11-19(24)20(25)12-22(18)30-2;/h3-6,11-12,16,21,28H,7-10,13-14,25H2,1-2H3,(H,26,29);1H. The molecule has 4 N–H and O–H groups in total. The maximum atomic E-state index is 12.6. The van der Waals surface area contributed by atoms with Crippen LogP contribution in [0.5, 0.6) is 5.75 Å². The van der Waals surface area contributed by atoms with Gasteiger partial charge in [-0.05, 0) is 50.4 Å². The lowest BCUT2D eigenvalue weighted by Crippen LogP contribution is -2.40. The highest BCUT2D eigenvalue weighted by molar-refractivity contribution is 6.33. The molecule has 1 unspecified atom stereocenters. The fourth-order valence-corrected chi connectivity index (χ4v) is 3.92. The number of ether oxygens (including phenoxy) is 1.